The van der Waals surface area contributed by atoms with Crippen molar-refractivity contribution in [3.05, 3.63) is 53.2 Å². The normalized spacial score (nSPS) is 12.3. The number of hydrogen-bond acceptors (Lipinski definition) is 4. The summed E-state index contributed by atoms with van der Waals surface area (Å²) in [4.78, 5) is 10.6. The predicted molar refractivity (Wildman–Crippen MR) is 65.1 cm³/mol. The minimum Gasteiger partial charge on any atom is -0.476 e. The van der Waals surface area contributed by atoms with Crippen LogP contribution in [-0.4, -0.2) is 16.2 Å². The molecule has 0 fully saturated rings. The number of nitrogens with one attached hydrogen (secondary N) is 1. The number of carboxylic acids is 1. The van der Waals surface area contributed by atoms with Gasteiger partial charge in [0.05, 0.1) is 6.54 Å². The second kappa shape index (κ2) is 5.62. The van der Waals surface area contributed by atoms with Crippen molar-refractivity contribution in [2.45, 2.75) is 19.5 Å². The molecule has 0 saturated heterocycles. The number of carboxylic acid groups (broad SMARTS) is 1. The summed E-state index contributed by atoms with van der Waals surface area (Å²) >= 11 is 0. The number of benzene rings is 1. The zero-order valence-corrected chi connectivity index (χ0v) is 10.3. The second-order valence-corrected chi connectivity index (χ2v) is 4.11. The zero-order chi connectivity index (χ0) is 13.8. The highest BCUT2D eigenvalue weighted by molar-refractivity contribution is 5.85. The van der Waals surface area contributed by atoms with Gasteiger partial charge in [0.15, 0.2) is 11.5 Å². The van der Waals surface area contributed by atoms with E-state index < -0.39 is 5.97 Å². The number of carbonyl (C=O) groups is 1. The third-order valence-electron chi connectivity index (χ3n) is 2.73. The smallest absolute Gasteiger partial charge is 0.358 e. The van der Waals surface area contributed by atoms with Crippen molar-refractivity contribution in [3.8, 4) is 0 Å². The highest BCUT2D eigenvalue weighted by Crippen LogP contribution is 2.16. The van der Waals surface area contributed by atoms with Crippen LogP contribution < -0.4 is 5.32 Å². The van der Waals surface area contributed by atoms with Gasteiger partial charge in [-0.15, -0.1) is 0 Å². The van der Waals surface area contributed by atoms with E-state index in [2.05, 4.69) is 10.5 Å². The average Bonchev–Trinajstić information content (AvgIpc) is 2.85. The van der Waals surface area contributed by atoms with Crippen LogP contribution >= 0.6 is 0 Å². The predicted octanol–water partition coefficient (Wildman–Crippen LogP) is 2.36. The first-order valence-electron chi connectivity index (χ1n) is 5.74. The fourth-order valence-corrected chi connectivity index (χ4v) is 1.69. The monoisotopic (exact) mass is 264 g/mol. The number of rotatable bonds is 5. The van der Waals surface area contributed by atoms with E-state index in [1.807, 2.05) is 6.92 Å². The molecule has 0 radical (unpaired) electrons. The summed E-state index contributed by atoms with van der Waals surface area (Å²) in [6, 6.07) is 7.58. The Labute approximate surface area is 109 Å². The summed E-state index contributed by atoms with van der Waals surface area (Å²) < 4.78 is 18.4. The van der Waals surface area contributed by atoms with E-state index in [4.69, 9.17) is 9.63 Å². The molecule has 5 nitrogen and oxygen atoms in total. The van der Waals surface area contributed by atoms with E-state index in [-0.39, 0.29) is 24.1 Å². The largest absolute Gasteiger partial charge is 0.476 e. The first-order chi connectivity index (χ1) is 9.08. The van der Waals surface area contributed by atoms with Crippen molar-refractivity contribution in [3.63, 3.8) is 0 Å². The van der Waals surface area contributed by atoms with Crippen LogP contribution in [-0.2, 0) is 6.54 Å². The van der Waals surface area contributed by atoms with Crippen molar-refractivity contribution >= 4 is 5.97 Å². The molecule has 2 rings (SSSR count). The van der Waals surface area contributed by atoms with Crippen molar-refractivity contribution in [1.29, 1.82) is 0 Å². The van der Waals surface area contributed by atoms with Crippen LogP contribution in [0.2, 0.25) is 0 Å². The molecule has 1 aromatic carbocycles. The number of aromatic carboxylic acids is 1. The van der Waals surface area contributed by atoms with E-state index >= 15 is 0 Å². The fourth-order valence-electron chi connectivity index (χ4n) is 1.69. The fraction of sp³-hybridized carbons (Fsp3) is 0.231. The lowest BCUT2D eigenvalue weighted by molar-refractivity contribution is 0.0685. The minimum atomic E-state index is -1.14. The maximum absolute atomic E-state index is 13.5. The first-order valence-corrected chi connectivity index (χ1v) is 5.74. The molecule has 6 heteroatoms. The maximum Gasteiger partial charge on any atom is 0.358 e. The summed E-state index contributed by atoms with van der Waals surface area (Å²) in [5.41, 5.74) is 0.399. The van der Waals surface area contributed by atoms with Crippen molar-refractivity contribution < 1.29 is 18.8 Å². The Morgan fingerprint density at radius 1 is 1.53 bits per heavy atom. The van der Waals surface area contributed by atoms with E-state index in [0.717, 1.165) is 0 Å². The highest BCUT2D eigenvalue weighted by atomic mass is 19.1. The Morgan fingerprint density at radius 3 is 2.89 bits per heavy atom. The minimum absolute atomic E-state index is 0.143. The zero-order valence-electron chi connectivity index (χ0n) is 10.3. The summed E-state index contributed by atoms with van der Waals surface area (Å²) in [7, 11) is 0. The van der Waals surface area contributed by atoms with Gasteiger partial charge in [0.1, 0.15) is 5.82 Å². The Hall–Kier alpha value is -2.21. The molecular weight excluding hydrogens is 251 g/mol. The molecule has 100 valence electrons. The molecule has 0 aliphatic heterocycles. The van der Waals surface area contributed by atoms with Crippen LogP contribution in [0.3, 0.4) is 0 Å². The van der Waals surface area contributed by atoms with Crippen LogP contribution in [0.5, 0.6) is 0 Å². The Bertz CT molecular complexity index is 583. The molecule has 0 unspecified atom stereocenters. The molecule has 0 aliphatic carbocycles. The number of halogens is 1. The van der Waals surface area contributed by atoms with E-state index in [9.17, 15) is 9.18 Å². The van der Waals surface area contributed by atoms with Crippen LogP contribution in [0.4, 0.5) is 4.39 Å². The van der Waals surface area contributed by atoms with Gasteiger partial charge in [-0.2, -0.15) is 0 Å². The van der Waals surface area contributed by atoms with Gasteiger partial charge in [-0.25, -0.2) is 9.18 Å². The van der Waals surface area contributed by atoms with Gasteiger partial charge in [0, 0.05) is 17.7 Å². The number of nitrogens with zero attached hydrogens (tertiary/aromatic N) is 1. The molecule has 0 amide bonds. The highest BCUT2D eigenvalue weighted by Gasteiger charge is 2.13. The molecule has 1 aromatic heterocycles. The molecule has 19 heavy (non-hydrogen) atoms. The molecule has 1 atom stereocenters. The molecule has 0 aliphatic rings. The van der Waals surface area contributed by atoms with Crippen molar-refractivity contribution in [2.24, 2.45) is 0 Å². The van der Waals surface area contributed by atoms with Gasteiger partial charge in [0.2, 0.25) is 0 Å². The quantitative estimate of drug-likeness (QED) is 0.867. The van der Waals surface area contributed by atoms with Crippen LogP contribution in [0.25, 0.3) is 0 Å². The third-order valence-corrected chi connectivity index (χ3v) is 2.73. The van der Waals surface area contributed by atoms with Gasteiger partial charge in [0.25, 0.3) is 0 Å². The molecule has 0 bridgehead atoms. The van der Waals surface area contributed by atoms with Crippen LogP contribution in [0.1, 0.15) is 34.8 Å². The average molecular weight is 264 g/mol. The summed E-state index contributed by atoms with van der Waals surface area (Å²) in [6.07, 6.45) is 0. The molecular formula is C13H13FN2O3. The SMILES string of the molecule is C[C@@H](NCc1cc(C(=O)O)no1)c1ccccc1F. The lowest BCUT2D eigenvalue weighted by atomic mass is 10.1. The lowest BCUT2D eigenvalue weighted by Crippen LogP contribution is -2.18. The molecule has 0 spiro atoms. The Morgan fingerprint density at radius 2 is 2.26 bits per heavy atom. The van der Waals surface area contributed by atoms with E-state index in [1.54, 1.807) is 18.2 Å². The van der Waals surface area contributed by atoms with Gasteiger partial charge >= 0.3 is 5.97 Å². The molecule has 2 N–H and O–H groups in total. The Kier molecular flexibility index (Phi) is 3.91. The van der Waals surface area contributed by atoms with Gasteiger partial charge in [-0.1, -0.05) is 23.4 Å². The van der Waals surface area contributed by atoms with Crippen molar-refractivity contribution in [1.82, 2.24) is 10.5 Å². The van der Waals surface area contributed by atoms with Gasteiger partial charge in [-0.3, -0.25) is 0 Å². The summed E-state index contributed by atoms with van der Waals surface area (Å²) in [6.45, 7) is 2.09. The van der Waals surface area contributed by atoms with Crippen LogP contribution in [0.15, 0.2) is 34.9 Å². The van der Waals surface area contributed by atoms with Crippen LogP contribution in [0, 0.1) is 5.82 Å². The number of aromatic nitrogens is 1. The Balaban J connectivity index is 1.98. The summed E-state index contributed by atoms with van der Waals surface area (Å²) in [5.74, 6) is -1.04. The van der Waals surface area contributed by atoms with E-state index in [0.29, 0.717) is 11.3 Å². The molecule has 0 saturated carbocycles. The lowest BCUT2D eigenvalue weighted by Gasteiger charge is -2.13. The van der Waals surface area contributed by atoms with Crippen molar-refractivity contribution in [2.75, 3.05) is 0 Å². The molecule has 2 aromatic rings. The topological polar surface area (TPSA) is 75.4 Å². The first kappa shape index (κ1) is 13.2. The summed E-state index contributed by atoms with van der Waals surface area (Å²) in [5, 5.41) is 15.1. The number of hydrogen-bond donors (Lipinski definition) is 2. The third kappa shape index (κ3) is 3.17. The van der Waals surface area contributed by atoms with E-state index in [1.165, 1.54) is 12.1 Å². The maximum atomic E-state index is 13.5. The second-order valence-electron chi connectivity index (χ2n) is 4.11. The van der Waals surface area contributed by atoms with Gasteiger partial charge < -0.3 is 14.9 Å². The standard InChI is InChI=1S/C13H13FN2O3/c1-8(10-4-2-3-5-11(10)14)15-7-9-6-12(13(17)18)16-19-9/h2-6,8,15H,7H2,1H3,(H,17,18)/t8-/m1/s1. The van der Waals surface area contributed by atoms with Gasteiger partial charge in [-0.05, 0) is 13.0 Å². The molecule has 1 heterocycles.